The number of aliphatic imine (C=N–C) groups is 1. The lowest BCUT2D eigenvalue weighted by molar-refractivity contribution is 0.857. The quantitative estimate of drug-likeness (QED) is 0.751. The first-order valence-corrected chi connectivity index (χ1v) is 5.42. The molecule has 78 valence electrons. The zero-order valence-corrected chi connectivity index (χ0v) is 9.62. The molecule has 1 aliphatic heterocycles. The number of allylic oxidation sites excluding steroid dienone is 1. The van der Waals surface area contributed by atoms with Gasteiger partial charge in [0.25, 0.3) is 0 Å². The lowest BCUT2D eigenvalue weighted by Gasteiger charge is -2.08. The monoisotopic (exact) mass is 220 g/mol. The molecule has 0 bridgehead atoms. The van der Waals surface area contributed by atoms with Crippen molar-refractivity contribution in [2.45, 2.75) is 19.8 Å². The smallest absolute Gasteiger partial charge is 0.0901 e. The lowest BCUT2D eigenvalue weighted by Crippen LogP contribution is -1.95. The van der Waals surface area contributed by atoms with Gasteiger partial charge in [-0.15, -0.1) is 0 Å². The molecular formula is C12H13ClN2. The van der Waals surface area contributed by atoms with Gasteiger partial charge in [0.05, 0.1) is 17.3 Å². The van der Waals surface area contributed by atoms with Crippen molar-refractivity contribution in [3.05, 3.63) is 34.6 Å². The summed E-state index contributed by atoms with van der Waals surface area (Å²) in [6.07, 6.45) is 5.74. The number of hydrogen-bond donors (Lipinski definition) is 0. The van der Waals surface area contributed by atoms with E-state index in [0.29, 0.717) is 10.9 Å². The van der Waals surface area contributed by atoms with Crippen molar-refractivity contribution in [2.75, 3.05) is 6.54 Å². The molecule has 0 radical (unpaired) electrons. The fourth-order valence-electron chi connectivity index (χ4n) is 1.49. The second kappa shape index (κ2) is 4.15. The predicted octanol–water partition coefficient (Wildman–Crippen LogP) is 3.33. The molecule has 2 heterocycles. The zero-order valence-electron chi connectivity index (χ0n) is 8.87. The molecule has 15 heavy (non-hydrogen) atoms. The summed E-state index contributed by atoms with van der Waals surface area (Å²) in [7, 11) is 0. The van der Waals surface area contributed by atoms with Crippen LogP contribution in [0.25, 0.3) is 5.57 Å². The maximum atomic E-state index is 6.19. The third kappa shape index (κ3) is 2.10. The Morgan fingerprint density at radius 3 is 2.73 bits per heavy atom. The molecular weight excluding hydrogens is 208 g/mol. The van der Waals surface area contributed by atoms with Gasteiger partial charge < -0.3 is 0 Å². The first-order valence-electron chi connectivity index (χ1n) is 5.04. The molecule has 2 nitrogen and oxygen atoms in total. The SMILES string of the molecule is CC(C)c1cnc(C2=CCN=C2)c(Cl)c1. The fourth-order valence-corrected chi connectivity index (χ4v) is 1.78. The second-order valence-electron chi connectivity index (χ2n) is 3.91. The van der Waals surface area contributed by atoms with Crippen LogP contribution in [0.2, 0.25) is 5.02 Å². The van der Waals surface area contributed by atoms with Gasteiger partial charge in [0.15, 0.2) is 0 Å². The topological polar surface area (TPSA) is 25.2 Å². The Bertz CT molecular complexity index is 433. The standard InChI is InChI=1S/C12H13ClN2/c1-8(2)10-5-11(13)12(15-7-10)9-3-4-14-6-9/h3,5-8H,4H2,1-2H3. The average Bonchev–Trinajstić information content (AvgIpc) is 2.70. The molecule has 0 fully saturated rings. The minimum absolute atomic E-state index is 0.454. The molecule has 1 aromatic rings. The zero-order chi connectivity index (χ0) is 10.8. The van der Waals surface area contributed by atoms with Crippen molar-refractivity contribution in [3.63, 3.8) is 0 Å². The third-order valence-corrected chi connectivity index (χ3v) is 2.74. The molecule has 1 aromatic heterocycles. The van der Waals surface area contributed by atoms with Crippen LogP contribution in [0, 0.1) is 0 Å². The molecule has 1 aliphatic rings. The molecule has 0 aliphatic carbocycles. The van der Waals surface area contributed by atoms with Crippen LogP contribution in [0.15, 0.2) is 23.3 Å². The van der Waals surface area contributed by atoms with Crippen LogP contribution >= 0.6 is 11.6 Å². The normalized spacial score (nSPS) is 14.8. The van der Waals surface area contributed by atoms with Gasteiger partial charge in [0.1, 0.15) is 0 Å². The van der Waals surface area contributed by atoms with Crippen molar-refractivity contribution in [2.24, 2.45) is 4.99 Å². The largest absolute Gasteiger partial charge is 0.288 e. The molecule has 0 N–H and O–H groups in total. The Hall–Kier alpha value is -1.15. The first-order chi connectivity index (χ1) is 7.18. The molecule has 0 saturated carbocycles. The number of aromatic nitrogens is 1. The van der Waals surface area contributed by atoms with E-state index >= 15 is 0 Å². The van der Waals surface area contributed by atoms with Crippen molar-refractivity contribution in [1.29, 1.82) is 0 Å². The Kier molecular flexibility index (Phi) is 2.87. The summed E-state index contributed by atoms with van der Waals surface area (Å²) in [4.78, 5) is 8.51. The fraction of sp³-hybridized carbons (Fsp3) is 0.333. The highest BCUT2D eigenvalue weighted by Gasteiger charge is 2.10. The van der Waals surface area contributed by atoms with Crippen LogP contribution in [0.3, 0.4) is 0 Å². The number of rotatable bonds is 2. The maximum absolute atomic E-state index is 6.19. The first kappa shape index (κ1) is 10.4. The highest BCUT2D eigenvalue weighted by Crippen LogP contribution is 2.25. The van der Waals surface area contributed by atoms with Gasteiger partial charge in [-0.1, -0.05) is 31.5 Å². The summed E-state index contributed by atoms with van der Waals surface area (Å²) in [6.45, 7) is 4.99. The molecule has 0 atom stereocenters. The van der Waals surface area contributed by atoms with Gasteiger partial charge in [-0.05, 0) is 17.5 Å². The van der Waals surface area contributed by atoms with Crippen LogP contribution < -0.4 is 0 Å². The minimum atomic E-state index is 0.454. The molecule has 2 rings (SSSR count). The highest BCUT2D eigenvalue weighted by molar-refractivity contribution is 6.33. The van der Waals surface area contributed by atoms with E-state index in [2.05, 4.69) is 23.8 Å². The van der Waals surface area contributed by atoms with Gasteiger partial charge in [0.2, 0.25) is 0 Å². The van der Waals surface area contributed by atoms with Crippen molar-refractivity contribution in [1.82, 2.24) is 4.98 Å². The Labute approximate surface area is 94.7 Å². The minimum Gasteiger partial charge on any atom is -0.288 e. The van der Waals surface area contributed by atoms with E-state index in [1.165, 1.54) is 5.56 Å². The summed E-state index contributed by atoms with van der Waals surface area (Å²) in [5.41, 5.74) is 3.02. The third-order valence-electron chi connectivity index (χ3n) is 2.45. The van der Waals surface area contributed by atoms with Crippen LogP contribution in [0.5, 0.6) is 0 Å². The van der Waals surface area contributed by atoms with Crippen LogP contribution in [-0.2, 0) is 0 Å². The summed E-state index contributed by atoms with van der Waals surface area (Å²) in [5.74, 6) is 0.454. The van der Waals surface area contributed by atoms with E-state index in [-0.39, 0.29) is 0 Å². The number of hydrogen-bond acceptors (Lipinski definition) is 2. The van der Waals surface area contributed by atoms with E-state index in [9.17, 15) is 0 Å². The molecule has 0 aromatic carbocycles. The Morgan fingerprint density at radius 1 is 1.40 bits per heavy atom. The summed E-state index contributed by atoms with van der Waals surface area (Å²) in [6, 6.07) is 1.99. The van der Waals surface area contributed by atoms with E-state index in [1.807, 2.05) is 24.6 Å². The van der Waals surface area contributed by atoms with Crippen LogP contribution in [0.4, 0.5) is 0 Å². The van der Waals surface area contributed by atoms with Crippen LogP contribution in [-0.4, -0.2) is 17.7 Å². The average molecular weight is 221 g/mol. The van der Waals surface area contributed by atoms with E-state index < -0.39 is 0 Å². The summed E-state index contributed by atoms with van der Waals surface area (Å²) < 4.78 is 0. The number of halogens is 1. The molecule has 0 unspecified atom stereocenters. The Balaban J connectivity index is 2.39. The van der Waals surface area contributed by atoms with E-state index in [0.717, 1.165) is 17.8 Å². The van der Waals surface area contributed by atoms with Crippen molar-refractivity contribution >= 4 is 23.4 Å². The van der Waals surface area contributed by atoms with Gasteiger partial charge in [-0.2, -0.15) is 0 Å². The van der Waals surface area contributed by atoms with Crippen LogP contribution in [0.1, 0.15) is 31.0 Å². The lowest BCUT2D eigenvalue weighted by atomic mass is 10.0. The van der Waals surface area contributed by atoms with Gasteiger partial charge in [-0.25, -0.2) is 0 Å². The second-order valence-corrected chi connectivity index (χ2v) is 4.31. The summed E-state index contributed by atoms with van der Waals surface area (Å²) >= 11 is 6.19. The summed E-state index contributed by atoms with van der Waals surface area (Å²) in [5, 5.41) is 0.709. The number of nitrogens with zero attached hydrogens (tertiary/aromatic N) is 2. The molecule has 0 amide bonds. The van der Waals surface area contributed by atoms with Gasteiger partial charge in [-0.3, -0.25) is 9.98 Å². The van der Waals surface area contributed by atoms with Gasteiger partial charge >= 0.3 is 0 Å². The van der Waals surface area contributed by atoms with Crippen molar-refractivity contribution in [3.8, 4) is 0 Å². The predicted molar refractivity (Wildman–Crippen MR) is 64.7 cm³/mol. The molecule has 0 spiro atoms. The maximum Gasteiger partial charge on any atom is 0.0901 e. The molecule has 3 heteroatoms. The number of pyridine rings is 1. The van der Waals surface area contributed by atoms with Gasteiger partial charge in [0, 0.05) is 18.0 Å². The van der Waals surface area contributed by atoms with E-state index in [4.69, 9.17) is 11.6 Å². The highest BCUT2D eigenvalue weighted by atomic mass is 35.5. The van der Waals surface area contributed by atoms with E-state index in [1.54, 1.807) is 0 Å². The Morgan fingerprint density at radius 2 is 2.20 bits per heavy atom. The van der Waals surface area contributed by atoms with Crippen molar-refractivity contribution < 1.29 is 0 Å². The molecule has 0 saturated heterocycles.